The Balaban J connectivity index is 1.74. The number of rotatable bonds is 11. The second kappa shape index (κ2) is 13.6. The molecule has 0 aliphatic rings. The molecule has 12 heteroatoms. The third-order valence-corrected chi connectivity index (χ3v) is 6.28. The zero-order valence-electron chi connectivity index (χ0n) is 21.3. The van der Waals surface area contributed by atoms with Crippen LogP contribution in [0.5, 0.6) is 11.5 Å². The maximum atomic E-state index is 12.8. The average molecular weight is 573 g/mol. The summed E-state index contributed by atoms with van der Waals surface area (Å²) in [5.41, 5.74) is 3.20. The van der Waals surface area contributed by atoms with E-state index in [9.17, 15) is 19.7 Å². The summed E-state index contributed by atoms with van der Waals surface area (Å²) < 4.78 is 11.1. The van der Waals surface area contributed by atoms with Crippen LogP contribution in [0.2, 0.25) is 10.0 Å². The standard InChI is InChI=1S/C27H26Cl2N4O6/c1-16(2)25(31-26(34)18-9-10-20(28)21(29)11-18)27(35)32-30-14-19-12-23(38-3)24(13-22(19)33(36)37)39-15-17-7-5-4-6-8-17/h4-14,16,25H,15H2,1-3H3,(H,31,34)(H,32,35)/b30-14-. The van der Waals surface area contributed by atoms with Gasteiger partial charge in [-0.15, -0.1) is 0 Å². The highest BCUT2D eigenvalue weighted by Gasteiger charge is 2.25. The number of carbonyl (C=O) groups is 2. The molecule has 3 aromatic carbocycles. The normalized spacial score (nSPS) is 11.7. The van der Waals surface area contributed by atoms with Crippen molar-refractivity contribution in [1.82, 2.24) is 10.7 Å². The van der Waals surface area contributed by atoms with Crippen molar-refractivity contribution in [2.24, 2.45) is 11.0 Å². The zero-order chi connectivity index (χ0) is 28.5. The van der Waals surface area contributed by atoms with Gasteiger partial charge in [-0.2, -0.15) is 5.10 Å². The van der Waals surface area contributed by atoms with Gasteiger partial charge in [-0.05, 0) is 35.7 Å². The molecule has 0 fully saturated rings. The molecule has 0 radical (unpaired) electrons. The quantitative estimate of drug-likeness (QED) is 0.180. The molecule has 3 aromatic rings. The lowest BCUT2D eigenvalue weighted by Crippen LogP contribution is -2.48. The molecule has 10 nitrogen and oxygen atoms in total. The number of nitro benzene ring substituents is 1. The molecule has 39 heavy (non-hydrogen) atoms. The molecule has 3 rings (SSSR count). The summed E-state index contributed by atoms with van der Waals surface area (Å²) in [7, 11) is 1.41. The molecule has 2 N–H and O–H groups in total. The highest BCUT2D eigenvalue weighted by molar-refractivity contribution is 6.42. The maximum Gasteiger partial charge on any atom is 0.282 e. The predicted octanol–water partition coefficient (Wildman–Crippen LogP) is 5.39. The fourth-order valence-corrected chi connectivity index (χ4v) is 3.76. The van der Waals surface area contributed by atoms with Gasteiger partial charge in [0.25, 0.3) is 17.5 Å². The number of hydrogen-bond donors (Lipinski definition) is 2. The van der Waals surface area contributed by atoms with E-state index >= 15 is 0 Å². The Morgan fingerprint density at radius 1 is 1.05 bits per heavy atom. The van der Waals surface area contributed by atoms with Crippen LogP contribution < -0.4 is 20.2 Å². The monoisotopic (exact) mass is 572 g/mol. The number of nitrogens with one attached hydrogen (secondary N) is 2. The van der Waals surface area contributed by atoms with Gasteiger partial charge in [0.1, 0.15) is 12.6 Å². The molecule has 1 atom stereocenters. The predicted molar refractivity (Wildman–Crippen MR) is 149 cm³/mol. The van der Waals surface area contributed by atoms with E-state index in [4.69, 9.17) is 32.7 Å². The van der Waals surface area contributed by atoms with Crippen molar-refractivity contribution in [2.45, 2.75) is 26.5 Å². The van der Waals surface area contributed by atoms with Crippen LogP contribution >= 0.6 is 23.2 Å². The van der Waals surface area contributed by atoms with E-state index in [0.29, 0.717) is 5.02 Å². The minimum Gasteiger partial charge on any atom is -0.493 e. The lowest BCUT2D eigenvalue weighted by molar-refractivity contribution is -0.385. The summed E-state index contributed by atoms with van der Waals surface area (Å²) in [5.74, 6) is -1.02. The van der Waals surface area contributed by atoms with Crippen molar-refractivity contribution in [2.75, 3.05) is 7.11 Å². The Morgan fingerprint density at radius 3 is 2.38 bits per heavy atom. The van der Waals surface area contributed by atoms with E-state index in [2.05, 4.69) is 15.8 Å². The molecule has 1 unspecified atom stereocenters. The number of nitrogens with zero attached hydrogens (tertiary/aromatic N) is 2. The fourth-order valence-electron chi connectivity index (χ4n) is 3.47. The summed E-state index contributed by atoms with van der Waals surface area (Å²) in [4.78, 5) is 36.6. The third-order valence-electron chi connectivity index (χ3n) is 5.54. The lowest BCUT2D eigenvalue weighted by atomic mass is 10.0. The first-order valence-corrected chi connectivity index (χ1v) is 12.5. The van der Waals surface area contributed by atoms with Gasteiger partial charge in [-0.25, -0.2) is 5.43 Å². The minimum atomic E-state index is -0.956. The minimum absolute atomic E-state index is 0.0742. The zero-order valence-corrected chi connectivity index (χ0v) is 22.8. The molecule has 0 bridgehead atoms. The van der Waals surface area contributed by atoms with Crippen molar-refractivity contribution in [3.63, 3.8) is 0 Å². The van der Waals surface area contributed by atoms with Gasteiger partial charge >= 0.3 is 0 Å². The summed E-state index contributed by atoms with van der Waals surface area (Å²) in [6.45, 7) is 3.67. The first kappa shape index (κ1) is 29.4. The van der Waals surface area contributed by atoms with Crippen LogP contribution in [-0.4, -0.2) is 36.1 Å². The molecular weight excluding hydrogens is 547 g/mol. The molecule has 0 aliphatic heterocycles. The molecule has 0 heterocycles. The van der Waals surface area contributed by atoms with Crippen molar-refractivity contribution in [3.8, 4) is 11.5 Å². The molecule has 0 saturated carbocycles. The Hall–Kier alpha value is -4.15. The van der Waals surface area contributed by atoms with Gasteiger partial charge in [-0.1, -0.05) is 67.4 Å². The smallest absolute Gasteiger partial charge is 0.282 e. The molecule has 0 aromatic heterocycles. The number of methoxy groups -OCH3 is 1. The van der Waals surface area contributed by atoms with Crippen LogP contribution in [0.25, 0.3) is 0 Å². The van der Waals surface area contributed by atoms with Crippen LogP contribution in [0.15, 0.2) is 65.8 Å². The number of nitro groups is 1. The molecular formula is C27H26Cl2N4O6. The average Bonchev–Trinajstić information content (AvgIpc) is 2.92. The number of halogens is 2. The summed E-state index contributed by atoms with van der Waals surface area (Å²) in [6, 6.07) is 15.3. The van der Waals surface area contributed by atoms with Gasteiger partial charge in [0.15, 0.2) is 11.5 Å². The Labute approximate surface area is 235 Å². The number of hydrazone groups is 1. The Bertz CT molecular complexity index is 1380. The van der Waals surface area contributed by atoms with Gasteiger partial charge in [0.05, 0.1) is 39.9 Å². The first-order valence-electron chi connectivity index (χ1n) is 11.7. The number of carbonyl (C=O) groups excluding carboxylic acids is 2. The molecule has 0 saturated heterocycles. The van der Waals surface area contributed by atoms with Crippen molar-refractivity contribution in [1.29, 1.82) is 0 Å². The van der Waals surface area contributed by atoms with Crippen molar-refractivity contribution >= 4 is 46.9 Å². The molecule has 2 amide bonds. The second-order valence-electron chi connectivity index (χ2n) is 8.65. The number of benzene rings is 3. The Kier molecular flexibility index (Phi) is 10.2. The number of hydrogen-bond acceptors (Lipinski definition) is 7. The van der Waals surface area contributed by atoms with Gasteiger partial charge in [0.2, 0.25) is 0 Å². The summed E-state index contributed by atoms with van der Waals surface area (Å²) in [6.07, 6.45) is 1.12. The fraction of sp³-hybridized carbons (Fsp3) is 0.222. The van der Waals surface area contributed by atoms with E-state index in [1.165, 1.54) is 37.4 Å². The van der Waals surface area contributed by atoms with Crippen LogP contribution in [0.1, 0.15) is 35.3 Å². The Morgan fingerprint density at radius 2 is 1.77 bits per heavy atom. The largest absolute Gasteiger partial charge is 0.493 e. The van der Waals surface area contributed by atoms with E-state index in [1.807, 2.05) is 30.3 Å². The van der Waals surface area contributed by atoms with E-state index in [-0.39, 0.29) is 45.9 Å². The van der Waals surface area contributed by atoms with Crippen molar-refractivity contribution < 1.29 is 24.0 Å². The van der Waals surface area contributed by atoms with Gasteiger partial charge < -0.3 is 14.8 Å². The highest BCUT2D eigenvalue weighted by Crippen LogP contribution is 2.34. The van der Waals surface area contributed by atoms with Crippen LogP contribution in [0.4, 0.5) is 5.69 Å². The van der Waals surface area contributed by atoms with E-state index in [0.717, 1.165) is 11.8 Å². The van der Waals surface area contributed by atoms with Crippen LogP contribution in [-0.2, 0) is 11.4 Å². The summed E-state index contributed by atoms with van der Waals surface area (Å²) >= 11 is 11.9. The first-order chi connectivity index (χ1) is 18.6. The van der Waals surface area contributed by atoms with E-state index in [1.54, 1.807) is 13.8 Å². The summed E-state index contributed by atoms with van der Waals surface area (Å²) in [5, 5.41) is 18.8. The molecule has 0 aliphatic carbocycles. The van der Waals surface area contributed by atoms with Gasteiger partial charge in [0, 0.05) is 5.56 Å². The lowest BCUT2D eigenvalue weighted by Gasteiger charge is -2.20. The van der Waals surface area contributed by atoms with Crippen LogP contribution in [0, 0.1) is 16.0 Å². The topological polar surface area (TPSA) is 132 Å². The third kappa shape index (κ3) is 7.92. The molecule has 204 valence electrons. The highest BCUT2D eigenvalue weighted by atomic mass is 35.5. The maximum absolute atomic E-state index is 12.8. The van der Waals surface area contributed by atoms with Crippen LogP contribution in [0.3, 0.4) is 0 Å². The van der Waals surface area contributed by atoms with Gasteiger partial charge in [-0.3, -0.25) is 19.7 Å². The molecule has 0 spiro atoms. The number of amides is 2. The van der Waals surface area contributed by atoms with E-state index < -0.39 is 22.8 Å². The van der Waals surface area contributed by atoms with Crippen molar-refractivity contribution in [3.05, 3.63) is 97.5 Å². The SMILES string of the molecule is COc1cc(/C=N\NC(=O)C(NC(=O)c2ccc(Cl)c(Cl)c2)C(C)C)c([N+](=O)[O-])cc1OCc1ccccc1. The second-order valence-corrected chi connectivity index (χ2v) is 9.47. The number of ether oxygens (including phenoxy) is 2.